The third kappa shape index (κ3) is 3.57. The average Bonchev–Trinajstić information content (AvgIpc) is 2.61. The number of hydrogen-bond acceptors (Lipinski definition) is 4. The number of aryl methyl sites for hydroxylation is 1. The standard InChI is InChI=1S/C11H23N5/c1-4-11-10(6-7-12)13-14-16(11)9-5-8-15(2)3/h4-9,12H2,1-3H3. The molecule has 1 heterocycles. The summed E-state index contributed by atoms with van der Waals surface area (Å²) in [5.41, 5.74) is 7.85. The van der Waals surface area contributed by atoms with E-state index in [0.717, 1.165) is 38.0 Å². The lowest BCUT2D eigenvalue weighted by Crippen LogP contribution is -2.16. The normalized spacial score (nSPS) is 11.3. The first kappa shape index (κ1) is 13.1. The molecular weight excluding hydrogens is 202 g/mol. The third-order valence-corrected chi connectivity index (χ3v) is 2.61. The summed E-state index contributed by atoms with van der Waals surface area (Å²) in [7, 11) is 4.17. The van der Waals surface area contributed by atoms with Crippen molar-refractivity contribution < 1.29 is 0 Å². The maximum absolute atomic E-state index is 5.55. The van der Waals surface area contributed by atoms with E-state index in [2.05, 4.69) is 36.2 Å². The maximum Gasteiger partial charge on any atom is 0.0871 e. The van der Waals surface area contributed by atoms with Crippen LogP contribution in [0.15, 0.2) is 0 Å². The highest BCUT2D eigenvalue weighted by atomic mass is 15.4. The molecule has 0 aliphatic rings. The Hall–Kier alpha value is -0.940. The van der Waals surface area contributed by atoms with E-state index in [0.29, 0.717) is 6.54 Å². The molecule has 0 bridgehead atoms. The van der Waals surface area contributed by atoms with E-state index in [9.17, 15) is 0 Å². The van der Waals surface area contributed by atoms with Gasteiger partial charge in [0.05, 0.1) is 11.4 Å². The zero-order valence-electron chi connectivity index (χ0n) is 10.6. The van der Waals surface area contributed by atoms with Crippen LogP contribution in [0.5, 0.6) is 0 Å². The first-order valence-corrected chi connectivity index (χ1v) is 5.95. The quantitative estimate of drug-likeness (QED) is 0.725. The number of nitrogens with two attached hydrogens (primary N) is 1. The van der Waals surface area contributed by atoms with Crippen molar-refractivity contribution in [2.75, 3.05) is 27.2 Å². The Morgan fingerprint density at radius 1 is 1.38 bits per heavy atom. The molecule has 0 unspecified atom stereocenters. The molecule has 16 heavy (non-hydrogen) atoms. The van der Waals surface area contributed by atoms with E-state index < -0.39 is 0 Å². The molecule has 2 N–H and O–H groups in total. The zero-order valence-corrected chi connectivity index (χ0v) is 10.6. The van der Waals surface area contributed by atoms with E-state index in [4.69, 9.17) is 5.73 Å². The van der Waals surface area contributed by atoms with E-state index in [1.54, 1.807) is 0 Å². The second-order valence-corrected chi connectivity index (χ2v) is 4.26. The summed E-state index contributed by atoms with van der Waals surface area (Å²) in [5, 5.41) is 8.39. The van der Waals surface area contributed by atoms with Crippen LogP contribution in [0.4, 0.5) is 0 Å². The van der Waals surface area contributed by atoms with E-state index in [1.165, 1.54) is 5.69 Å². The van der Waals surface area contributed by atoms with Crippen LogP contribution in [-0.2, 0) is 19.4 Å². The summed E-state index contributed by atoms with van der Waals surface area (Å²) in [5.74, 6) is 0. The molecule has 1 aromatic heterocycles. The fraction of sp³-hybridized carbons (Fsp3) is 0.818. The number of rotatable bonds is 7. The fourth-order valence-electron chi connectivity index (χ4n) is 1.80. The second kappa shape index (κ2) is 6.60. The predicted octanol–water partition coefficient (Wildman–Crippen LogP) is 0.293. The monoisotopic (exact) mass is 225 g/mol. The molecule has 0 atom stereocenters. The molecular formula is C11H23N5. The Morgan fingerprint density at radius 2 is 2.12 bits per heavy atom. The van der Waals surface area contributed by atoms with Gasteiger partial charge in [0.2, 0.25) is 0 Å². The average molecular weight is 225 g/mol. The highest BCUT2D eigenvalue weighted by molar-refractivity contribution is 5.10. The van der Waals surface area contributed by atoms with Gasteiger partial charge in [0.1, 0.15) is 0 Å². The molecule has 0 aliphatic carbocycles. The van der Waals surface area contributed by atoms with Crippen LogP contribution in [0.3, 0.4) is 0 Å². The summed E-state index contributed by atoms with van der Waals surface area (Å²) in [6.45, 7) is 4.80. The van der Waals surface area contributed by atoms with Gasteiger partial charge in [0, 0.05) is 13.0 Å². The van der Waals surface area contributed by atoms with Crippen LogP contribution in [0, 0.1) is 0 Å². The van der Waals surface area contributed by atoms with Crippen molar-refractivity contribution in [1.82, 2.24) is 19.9 Å². The van der Waals surface area contributed by atoms with Crippen molar-refractivity contribution in [1.29, 1.82) is 0 Å². The van der Waals surface area contributed by atoms with Gasteiger partial charge in [-0.25, -0.2) is 4.68 Å². The van der Waals surface area contributed by atoms with Gasteiger partial charge in [-0.2, -0.15) is 0 Å². The smallest absolute Gasteiger partial charge is 0.0871 e. The summed E-state index contributed by atoms with van der Waals surface area (Å²) in [4.78, 5) is 2.18. The highest BCUT2D eigenvalue weighted by Crippen LogP contribution is 2.07. The molecule has 0 amide bonds. The summed E-state index contributed by atoms with van der Waals surface area (Å²) >= 11 is 0. The molecule has 0 aliphatic heterocycles. The van der Waals surface area contributed by atoms with Gasteiger partial charge in [0.25, 0.3) is 0 Å². The Balaban J connectivity index is 2.58. The van der Waals surface area contributed by atoms with Gasteiger partial charge in [-0.3, -0.25) is 0 Å². The first-order chi connectivity index (χ1) is 7.69. The van der Waals surface area contributed by atoms with Crippen molar-refractivity contribution in [3.8, 4) is 0 Å². The molecule has 1 rings (SSSR count). The van der Waals surface area contributed by atoms with Gasteiger partial charge in [-0.05, 0) is 40.0 Å². The summed E-state index contributed by atoms with van der Waals surface area (Å²) in [6, 6.07) is 0. The van der Waals surface area contributed by atoms with Crippen molar-refractivity contribution in [3.63, 3.8) is 0 Å². The van der Waals surface area contributed by atoms with Gasteiger partial charge in [-0.15, -0.1) is 5.10 Å². The van der Waals surface area contributed by atoms with Crippen molar-refractivity contribution in [2.45, 2.75) is 32.7 Å². The first-order valence-electron chi connectivity index (χ1n) is 5.95. The number of aromatic nitrogens is 3. The molecule has 0 fully saturated rings. The van der Waals surface area contributed by atoms with E-state index >= 15 is 0 Å². The topological polar surface area (TPSA) is 60.0 Å². The van der Waals surface area contributed by atoms with Crippen molar-refractivity contribution >= 4 is 0 Å². The minimum atomic E-state index is 0.642. The van der Waals surface area contributed by atoms with Gasteiger partial charge in [0.15, 0.2) is 0 Å². The Labute approximate surface area is 97.6 Å². The minimum absolute atomic E-state index is 0.642. The van der Waals surface area contributed by atoms with Gasteiger partial charge in [-0.1, -0.05) is 12.1 Å². The largest absolute Gasteiger partial charge is 0.330 e. The third-order valence-electron chi connectivity index (χ3n) is 2.61. The number of hydrogen-bond donors (Lipinski definition) is 1. The van der Waals surface area contributed by atoms with Crippen LogP contribution in [0.25, 0.3) is 0 Å². The molecule has 0 spiro atoms. The zero-order chi connectivity index (χ0) is 12.0. The molecule has 5 nitrogen and oxygen atoms in total. The SMILES string of the molecule is CCc1c(CCN)nnn1CCCN(C)C. The minimum Gasteiger partial charge on any atom is -0.330 e. The predicted molar refractivity (Wildman–Crippen MR) is 65.3 cm³/mol. The van der Waals surface area contributed by atoms with Crippen LogP contribution in [0.1, 0.15) is 24.7 Å². The Kier molecular flexibility index (Phi) is 5.42. The fourth-order valence-corrected chi connectivity index (χ4v) is 1.80. The summed E-state index contributed by atoms with van der Waals surface area (Å²) < 4.78 is 2.02. The lowest BCUT2D eigenvalue weighted by atomic mass is 10.2. The van der Waals surface area contributed by atoms with Crippen LogP contribution in [-0.4, -0.2) is 47.1 Å². The van der Waals surface area contributed by atoms with Gasteiger partial charge < -0.3 is 10.6 Å². The molecule has 0 radical (unpaired) electrons. The second-order valence-electron chi connectivity index (χ2n) is 4.26. The molecule has 1 aromatic rings. The summed E-state index contributed by atoms with van der Waals surface area (Å²) in [6.07, 6.45) is 2.91. The van der Waals surface area contributed by atoms with Crippen molar-refractivity contribution in [3.05, 3.63) is 11.4 Å². The Bertz CT molecular complexity index is 305. The lowest BCUT2D eigenvalue weighted by Gasteiger charge is -2.10. The molecule has 0 aromatic carbocycles. The molecule has 5 heteroatoms. The van der Waals surface area contributed by atoms with Crippen LogP contribution in [0.2, 0.25) is 0 Å². The van der Waals surface area contributed by atoms with E-state index in [1.807, 2.05) is 4.68 Å². The maximum atomic E-state index is 5.55. The van der Waals surface area contributed by atoms with Crippen LogP contribution >= 0.6 is 0 Å². The number of nitrogens with zero attached hydrogens (tertiary/aromatic N) is 4. The van der Waals surface area contributed by atoms with Crippen LogP contribution < -0.4 is 5.73 Å². The molecule has 0 saturated carbocycles. The van der Waals surface area contributed by atoms with E-state index in [-0.39, 0.29) is 0 Å². The Morgan fingerprint density at radius 3 is 2.69 bits per heavy atom. The molecule has 0 saturated heterocycles. The highest BCUT2D eigenvalue weighted by Gasteiger charge is 2.09. The van der Waals surface area contributed by atoms with Gasteiger partial charge >= 0.3 is 0 Å². The lowest BCUT2D eigenvalue weighted by molar-refractivity contribution is 0.377. The molecule has 92 valence electrons. The van der Waals surface area contributed by atoms with Crippen molar-refractivity contribution in [2.24, 2.45) is 5.73 Å².